The molecule has 206 valence electrons. The fourth-order valence-corrected chi connectivity index (χ4v) is 7.71. The highest BCUT2D eigenvalue weighted by Crippen LogP contribution is 2.53. The van der Waals surface area contributed by atoms with E-state index in [1.54, 1.807) is 0 Å². The molecular weight excluding hydrogens is 522 g/mol. The number of imidazole rings is 1. The molecule has 1 unspecified atom stereocenters. The van der Waals surface area contributed by atoms with Gasteiger partial charge in [-0.25, -0.2) is 4.98 Å². The van der Waals surface area contributed by atoms with Gasteiger partial charge >= 0.3 is 0 Å². The van der Waals surface area contributed by atoms with Gasteiger partial charge in [-0.3, -0.25) is 0 Å². The fraction of sp³-hybridized carbons (Fsp3) is 0.125. The van der Waals surface area contributed by atoms with Gasteiger partial charge in [-0.15, -0.1) is 0 Å². The first kappa shape index (κ1) is 24.4. The van der Waals surface area contributed by atoms with Gasteiger partial charge in [-0.05, 0) is 77.2 Å². The smallest absolute Gasteiger partial charge is 0.141 e. The molecule has 43 heavy (non-hydrogen) atoms. The number of aromatic nitrogens is 3. The molecule has 5 aromatic carbocycles. The molecule has 2 heterocycles. The maximum absolute atomic E-state index is 5.12. The van der Waals surface area contributed by atoms with Crippen molar-refractivity contribution in [1.29, 1.82) is 0 Å². The molecule has 2 aliphatic rings. The maximum atomic E-state index is 5.12. The van der Waals surface area contributed by atoms with E-state index in [4.69, 9.17) is 4.98 Å². The van der Waals surface area contributed by atoms with E-state index in [9.17, 15) is 0 Å². The van der Waals surface area contributed by atoms with Crippen molar-refractivity contribution in [3.63, 3.8) is 0 Å². The van der Waals surface area contributed by atoms with Crippen LogP contribution in [0.3, 0.4) is 0 Å². The van der Waals surface area contributed by atoms with Gasteiger partial charge in [0.05, 0.1) is 28.1 Å². The normalized spacial score (nSPS) is 16.7. The molecular formula is C40H31N3. The van der Waals surface area contributed by atoms with Crippen LogP contribution in [0.2, 0.25) is 0 Å². The van der Waals surface area contributed by atoms with Crippen molar-refractivity contribution in [3.8, 4) is 28.2 Å². The summed E-state index contributed by atoms with van der Waals surface area (Å²) in [5, 5.41) is 2.66. The van der Waals surface area contributed by atoms with Gasteiger partial charge in [-0.2, -0.15) is 0 Å². The van der Waals surface area contributed by atoms with E-state index in [2.05, 4.69) is 156 Å². The van der Waals surface area contributed by atoms with Crippen LogP contribution in [0.25, 0.3) is 61.0 Å². The van der Waals surface area contributed by atoms with E-state index >= 15 is 0 Å². The molecule has 7 aromatic rings. The van der Waals surface area contributed by atoms with Crippen molar-refractivity contribution in [2.24, 2.45) is 0 Å². The standard InChI is InChI=1S/C40H31N3/c1-40(2)32-16-8-6-14-29(32)30-24-25-36-37(38(30)40)31-15-7-10-18-34(31)42(36)28-22-20-26(21-23-28)39-41-33-17-9-11-19-35(33)43(39)27-12-4-3-5-13-27/h3-12,14-25,27H,13H2,1-2H3. The molecule has 0 radical (unpaired) electrons. The van der Waals surface area contributed by atoms with Crippen molar-refractivity contribution in [1.82, 2.24) is 14.1 Å². The van der Waals surface area contributed by atoms with E-state index in [0.29, 0.717) is 0 Å². The summed E-state index contributed by atoms with van der Waals surface area (Å²) >= 11 is 0. The quantitative estimate of drug-likeness (QED) is 0.213. The third-order valence-corrected chi connectivity index (χ3v) is 9.62. The molecule has 0 amide bonds. The van der Waals surface area contributed by atoms with E-state index < -0.39 is 0 Å². The maximum Gasteiger partial charge on any atom is 0.141 e. The molecule has 0 saturated carbocycles. The van der Waals surface area contributed by atoms with E-state index in [1.165, 1.54) is 49.6 Å². The molecule has 3 heteroatoms. The highest BCUT2D eigenvalue weighted by Gasteiger charge is 2.38. The molecule has 0 fully saturated rings. The van der Waals surface area contributed by atoms with Crippen LogP contribution in [0.4, 0.5) is 0 Å². The zero-order valence-corrected chi connectivity index (χ0v) is 24.3. The number of nitrogens with zero attached hydrogens (tertiary/aromatic N) is 3. The summed E-state index contributed by atoms with van der Waals surface area (Å²) in [6.07, 6.45) is 9.76. The highest BCUT2D eigenvalue weighted by molar-refractivity contribution is 6.14. The Bertz CT molecular complexity index is 2290. The van der Waals surface area contributed by atoms with Crippen molar-refractivity contribution < 1.29 is 0 Å². The first-order valence-electron chi connectivity index (χ1n) is 15.2. The monoisotopic (exact) mass is 553 g/mol. The fourth-order valence-electron chi connectivity index (χ4n) is 7.71. The lowest BCUT2D eigenvalue weighted by Crippen LogP contribution is -2.15. The molecule has 1 atom stereocenters. The largest absolute Gasteiger partial charge is 0.317 e. The summed E-state index contributed by atoms with van der Waals surface area (Å²) < 4.78 is 4.83. The molecule has 2 aromatic heterocycles. The molecule has 0 bridgehead atoms. The summed E-state index contributed by atoms with van der Waals surface area (Å²) in [7, 11) is 0. The average molecular weight is 554 g/mol. The number of allylic oxidation sites excluding steroid dienone is 4. The lowest BCUT2D eigenvalue weighted by Gasteiger charge is -2.22. The van der Waals surface area contributed by atoms with Gasteiger partial charge in [0, 0.05) is 27.4 Å². The number of hydrogen-bond donors (Lipinski definition) is 0. The lowest BCUT2D eigenvalue weighted by atomic mass is 9.80. The second-order valence-electron chi connectivity index (χ2n) is 12.4. The van der Waals surface area contributed by atoms with Gasteiger partial charge in [0.25, 0.3) is 0 Å². The van der Waals surface area contributed by atoms with E-state index in [1.807, 2.05) is 0 Å². The van der Waals surface area contributed by atoms with Crippen LogP contribution in [-0.4, -0.2) is 14.1 Å². The summed E-state index contributed by atoms with van der Waals surface area (Å²) in [5.41, 5.74) is 12.5. The predicted octanol–water partition coefficient (Wildman–Crippen LogP) is 10.2. The van der Waals surface area contributed by atoms with Gasteiger partial charge in [-0.1, -0.05) is 98.8 Å². The Morgan fingerprint density at radius 2 is 1.47 bits per heavy atom. The van der Waals surface area contributed by atoms with Crippen LogP contribution < -0.4 is 0 Å². The number of rotatable bonds is 3. The topological polar surface area (TPSA) is 22.8 Å². The van der Waals surface area contributed by atoms with Crippen LogP contribution in [0.15, 0.2) is 133 Å². The van der Waals surface area contributed by atoms with Gasteiger partial charge in [0.1, 0.15) is 5.82 Å². The number of hydrogen-bond acceptors (Lipinski definition) is 1. The summed E-state index contributed by atoms with van der Waals surface area (Å²) in [5.74, 6) is 1.01. The minimum atomic E-state index is -0.0773. The van der Waals surface area contributed by atoms with Crippen molar-refractivity contribution in [2.75, 3.05) is 0 Å². The highest BCUT2D eigenvalue weighted by atomic mass is 15.1. The van der Waals surface area contributed by atoms with Crippen LogP contribution >= 0.6 is 0 Å². The summed E-state index contributed by atoms with van der Waals surface area (Å²) in [6, 6.07) is 40.2. The summed E-state index contributed by atoms with van der Waals surface area (Å²) in [6.45, 7) is 4.75. The molecule has 2 aliphatic carbocycles. The van der Waals surface area contributed by atoms with Gasteiger partial charge < -0.3 is 9.13 Å². The van der Waals surface area contributed by atoms with E-state index in [0.717, 1.165) is 29.0 Å². The first-order valence-corrected chi connectivity index (χ1v) is 15.2. The number of fused-ring (bicyclic) bond motifs is 8. The van der Waals surface area contributed by atoms with Crippen LogP contribution in [0, 0.1) is 0 Å². The summed E-state index contributed by atoms with van der Waals surface area (Å²) in [4.78, 5) is 5.12. The average Bonchev–Trinajstić information content (AvgIpc) is 3.68. The predicted molar refractivity (Wildman–Crippen MR) is 179 cm³/mol. The molecule has 0 saturated heterocycles. The third kappa shape index (κ3) is 3.39. The molecule has 3 nitrogen and oxygen atoms in total. The van der Waals surface area contributed by atoms with Crippen LogP contribution in [0.1, 0.15) is 37.4 Å². The molecule has 0 aliphatic heterocycles. The Hall–Kier alpha value is -5.15. The Labute approximate surface area is 251 Å². The molecule has 9 rings (SSSR count). The third-order valence-electron chi connectivity index (χ3n) is 9.62. The van der Waals surface area contributed by atoms with Crippen LogP contribution in [-0.2, 0) is 5.41 Å². The number of para-hydroxylation sites is 3. The van der Waals surface area contributed by atoms with Gasteiger partial charge in [0.15, 0.2) is 0 Å². The number of benzene rings is 5. The van der Waals surface area contributed by atoms with E-state index in [-0.39, 0.29) is 11.5 Å². The zero-order valence-electron chi connectivity index (χ0n) is 24.3. The minimum absolute atomic E-state index is 0.0773. The van der Waals surface area contributed by atoms with Crippen LogP contribution in [0.5, 0.6) is 0 Å². The van der Waals surface area contributed by atoms with Gasteiger partial charge in [0.2, 0.25) is 0 Å². The Morgan fingerprint density at radius 3 is 2.30 bits per heavy atom. The van der Waals surface area contributed by atoms with Crippen molar-refractivity contribution in [2.45, 2.75) is 31.7 Å². The Balaban J connectivity index is 1.23. The van der Waals surface area contributed by atoms with Crippen molar-refractivity contribution >= 4 is 32.8 Å². The van der Waals surface area contributed by atoms with Crippen molar-refractivity contribution in [3.05, 3.63) is 145 Å². The second kappa shape index (κ2) is 8.92. The Kier molecular flexibility index (Phi) is 5.07. The molecule has 0 spiro atoms. The SMILES string of the molecule is CC1(C)c2ccccc2-c2ccc3c(c21)c1ccccc1n3-c1ccc(-c2nc3ccccc3n2C2C=CC=CC2)cc1. The Morgan fingerprint density at radius 1 is 0.698 bits per heavy atom. The zero-order chi connectivity index (χ0) is 28.7. The minimum Gasteiger partial charge on any atom is -0.317 e. The molecule has 0 N–H and O–H groups in total. The second-order valence-corrected chi connectivity index (χ2v) is 12.4. The lowest BCUT2D eigenvalue weighted by molar-refractivity contribution is 0.631. The first-order chi connectivity index (χ1) is 21.1.